The van der Waals surface area contributed by atoms with E-state index in [-0.39, 0.29) is 24.1 Å². The fourth-order valence-corrected chi connectivity index (χ4v) is 4.18. The molecule has 0 aliphatic heterocycles. The minimum Gasteiger partial charge on any atom is -0.494 e. The monoisotopic (exact) mass is 525 g/mol. The van der Waals surface area contributed by atoms with Gasteiger partial charge in [-0.25, -0.2) is 0 Å². The fourth-order valence-electron chi connectivity index (χ4n) is 3.36. The van der Waals surface area contributed by atoms with Crippen molar-refractivity contribution in [3.8, 4) is 17.2 Å². The van der Waals surface area contributed by atoms with E-state index in [1.165, 1.54) is 17.8 Å². The first-order chi connectivity index (χ1) is 18.0. The average molecular weight is 526 g/mol. The van der Waals surface area contributed by atoms with Gasteiger partial charge in [-0.05, 0) is 61.9 Å². The molecule has 1 aromatic heterocycles. The molecule has 3 rings (SSSR count). The molecule has 0 spiro atoms. The van der Waals surface area contributed by atoms with E-state index < -0.39 is 0 Å². The number of hydrogen-bond donors (Lipinski definition) is 2. The third-order valence-electron chi connectivity index (χ3n) is 5.15. The van der Waals surface area contributed by atoms with Crippen LogP contribution in [0.3, 0.4) is 0 Å². The Morgan fingerprint density at radius 2 is 1.78 bits per heavy atom. The Morgan fingerprint density at radius 1 is 1.03 bits per heavy atom. The maximum Gasteiger partial charge on any atom is 0.244 e. The van der Waals surface area contributed by atoms with Crippen molar-refractivity contribution in [3.63, 3.8) is 0 Å². The van der Waals surface area contributed by atoms with Crippen LogP contribution in [-0.4, -0.2) is 53.2 Å². The van der Waals surface area contributed by atoms with Crippen LogP contribution in [0.25, 0.3) is 6.08 Å². The molecule has 2 amide bonds. The van der Waals surface area contributed by atoms with Crippen molar-refractivity contribution in [2.75, 3.05) is 31.9 Å². The zero-order valence-electron chi connectivity index (χ0n) is 21.3. The molecule has 2 N–H and O–H groups in total. The van der Waals surface area contributed by atoms with Gasteiger partial charge in [-0.15, -0.1) is 10.2 Å². The third kappa shape index (κ3) is 8.01. The Labute approximate surface area is 220 Å². The number of methoxy groups -OCH3 is 2. The quantitative estimate of drug-likeness (QED) is 0.256. The van der Waals surface area contributed by atoms with Gasteiger partial charge in [0.2, 0.25) is 11.8 Å². The third-order valence-corrected chi connectivity index (χ3v) is 6.11. The number of ether oxygens (including phenoxy) is 3. The zero-order valence-corrected chi connectivity index (χ0v) is 22.1. The molecule has 0 bridgehead atoms. The van der Waals surface area contributed by atoms with Crippen LogP contribution in [0.15, 0.2) is 53.7 Å². The number of carbonyl (C=O) groups is 2. The largest absolute Gasteiger partial charge is 0.494 e. The number of hydrogen-bond acceptors (Lipinski definition) is 8. The average Bonchev–Trinajstić information content (AvgIpc) is 3.32. The molecule has 0 atom stereocenters. The van der Waals surface area contributed by atoms with Crippen molar-refractivity contribution in [2.24, 2.45) is 0 Å². The topological polar surface area (TPSA) is 117 Å². The molecule has 0 unspecified atom stereocenters. The number of nitrogens with one attached hydrogen (secondary N) is 2. The number of anilines is 1. The summed E-state index contributed by atoms with van der Waals surface area (Å²) in [5.41, 5.74) is 1.49. The highest BCUT2D eigenvalue weighted by Gasteiger charge is 2.14. The van der Waals surface area contributed by atoms with Gasteiger partial charge >= 0.3 is 0 Å². The highest BCUT2D eigenvalue weighted by Crippen LogP contribution is 2.28. The predicted molar refractivity (Wildman–Crippen MR) is 143 cm³/mol. The molecule has 37 heavy (non-hydrogen) atoms. The first kappa shape index (κ1) is 27.6. The van der Waals surface area contributed by atoms with Gasteiger partial charge in [0.05, 0.1) is 33.1 Å². The maximum atomic E-state index is 12.4. The molecule has 0 aliphatic carbocycles. The van der Waals surface area contributed by atoms with Gasteiger partial charge in [0.1, 0.15) is 5.75 Å². The molecule has 0 radical (unpaired) electrons. The van der Waals surface area contributed by atoms with Crippen LogP contribution in [0.5, 0.6) is 17.2 Å². The lowest BCUT2D eigenvalue weighted by atomic mass is 10.2. The van der Waals surface area contributed by atoms with E-state index in [4.69, 9.17) is 14.2 Å². The molecule has 2 aromatic carbocycles. The first-order valence-corrected chi connectivity index (χ1v) is 12.7. The summed E-state index contributed by atoms with van der Waals surface area (Å²) in [5, 5.41) is 14.7. The van der Waals surface area contributed by atoms with E-state index in [0.717, 1.165) is 11.3 Å². The Kier molecular flexibility index (Phi) is 10.4. The SMILES string of the molecule is CCOc1ccc(NC(=O)CSc2nnc(CNC(=O)/C=C/c3ccc(OC)c(OC)c3)n2CC)cc1. The van der Waals surface area contributed by atoms with Crippen molar-refractivity contribution in [1.29, 1.82) is 0 Å². The van der Waals surface area contributed by atoms with Crippen LogP contribution >= 0.6 is 11.8 Å². The van der Waals surface area contributed by atoms with Crippen molar-refractivity contribution < 1.29 is 23.8 Å². The lowest BCUT2D eigenvalue weighted by Gasteiger charge is -2.09. The molecule has 10 nitrogen and oxygen atoms in total. The van der Waals surface area contributed by atoms with Gasteiger partial charge in [0.15, 0.2) is 22.5 Å². The van der Waals surface area contributed by atoms with Crippen LogP contribution in [0.4, 0.5) is 5.69 Å². The smallest absolute Gasteiger partial charge is 0.244 e. The van der Waals surface area contributed by atoms with Crippen LogP contribution in [-0.2, 0) is 22.7 Å². The van der Waals surface area contributed by atoms with E-state index in [9.17, 15) is 9.59 Å². The summed E-state index contributed by atoms with van der Waals surface area (Å²) in [6.07, 6.45) is 3.13. The summed E-state index contributed by atoms with van der Waals surface area (Å²) in [6.45, 7) is 5.26. The van der Waals surface area contributed by atoms with Crippen LogP contribution in [0, 0.1) is 0 Å². The summed E-state index contributed by atoms with van der Waals surface area (Å²) in [7, 11) is 3.13. The summed E-state index contributed by atoms with van der Waals surface area (Å²) in [6, 6.07) is 12.6. The predicted octanol–water partition coefficient (Wildman–Crippen LogP) is 3.77. The van der Waals surface area contributed by atoms with Gasteiger partial charge in [-0.1, -0.05) is 17.8 Å². The van der Waals surface area contributed by atoms with Crippen LogP contribution < -0.4 is 24.8 Å². The molecular weight excluding hydrogens is 494 g/mol. The number of carbonyl (C=O) groups excluding carboxylic acids is 2. The normalized spacial score (nSPS) is 10.8. The summed E-state index contributed by atoms with van der Waals surface area (Å²) in [5.74, 6) is 2.29. The number of aromatic nitrogens is 3. The van der Waals surface area contributed by atoms with Crippen molar-refractivity contribution in [2.45, 2.75) is 32.1 Å². The highest BCUT2D eigenvalue weighted by atomic mass is 32.2. The summed E-state index contributed by atoms with van der Waals surface area (Å²) < 4.78 is 17.8. The maximum absolute atomic E-state index is 12.4. The van der Waals surface area contributed by atoms with Gasteiger partial charge in [-0.2, -0.15) is 0 Å². The van der Waals surface area contributed by atoms with E-state index in [0.29, 0.717) is 41.3 Å². The number of amides is 2. The Morgan fingerprint density at radius 3 is 2.46 bits per heavy atom. The minimum atomic E-state index is -0.274. The van der Waals surface area contributed by atoms with E-state index in [1.807, 2.05) is 36.6 Å². The zero-order chi connectivity index (χ0) is 26.6. The van der Waals surface area contributed by atoms with E-state index >= 15 is 0 Å². The van der Waals surface area contributed by atoms with E-state index in [1.54, 1.807) is 44.6 Å². The summed E-state index contributed by atoms with van der Waals surface area (Å²) in [4.78, 5) is 24.7. The molecule has 0 aliphatic rings. The Balaban J connectivity index is 1.51. The molecule has 1 heterocycles. The second-order valence-electron chi connectivity index (χ2n) is 7.60. The van der Waals surface area contributed by atoms with Crippen molar-refractivity contribution in [1.82, 2.24) is 20.1 Å². The standard InChI is InChI=1S/C26H31N5O5S/c1-5-31-23(16-27-24(32)14-8-18-7-13-21(34-3)22(15-18)35-4)29-30-26(31)37-17-25(33)28-19-9-11-20(12-10-19)36-6-2/h7-15H,5-6,16-17H2,1-4H3,(H,27,32)(H,28,33)/b14-8+. The van der Waals surface area contributed by atoms with Crippen LogP contribution in [0.1, 0.15) is 25.2 Å². The fraction of sp³-hybridized carbons (Fsp3) is 0.308. The summed E-state index contributed by atoms with van der Waals surface area (Å²) >= 11 is 1.28. The number of benzene rings is 2. The molecule has 11 heteroatoms. The van der Waals surface area contributed by atoms with Gasteiger partial charge in [0.25, 0.3) is 0 Å². The lowest BCUT2D eigenvalue weighted by Crippen LogP contribution is -2.22. The van der Waals surface area contributed by atoms with Crippen LogP contribution in [0.2, 0.25) is 0 Å². The lowest BCUT2D eigenvalue weighted by molar-refractivity contribution is -0.116. The van der Waals surface area contributed by atoms with Gasteiger partial charge in [-0.3, -0.25) is 9.59 Å². The molecule has 196 valence electrons. The highest BCUT2D eigenvalue weighted by molar-refractivity contribution is 7.99. The molecule has 0 fully saturated rings. The first-order valence-electron chi connectivity index (χ1n) is 11.7. The number of thioether (sulfide) groups is 1. The second kappa shape index (κ2) is 13.9. The molecule has 0 saturated carbocycles. The van der Waals surface area contributed by atoms with Gasteiger partial charge < -0.3 is 29.4 Å². The van der Waals surface area contributed by atoms with E-state index in [2.05, 4.69) is 20.8 Å². The van der Waals surface area contributed by atoms with Crippen molar-refractivity contribution >= 4 is 35.3 Å². The van der Waals surface area contributed by atoms with Crippen molar-refractivity contribution in [3.05, 3.63) is 59.9 Å². The van der Waals surface area contributed by atoms with Gasteiger partial charge in [0, 0.05) is 18.3 Å². The molecule has 0 saturated heterocycles. The molecular formula is C26H31N5O5S. The second-order valence-corrected chi connectivity index (χ2v) is 8.55. The number of nitrogens with zero attached hydrogens (tertiary/aromatic N) is 3. The Bertz CT molecular complexity index is 1230. The Hall–Kier alpha value is -3.99. The number of rotatable bonds is 13. The molecule has 3 aromatic rings. The minimum absolute atomic E-state index is 0.157.